The molecule has 0 bridgehead atoms. The van der Waals surface area contributed by atoms with E-state index in [0.717, 1.165) is 12.1 Å². The third-order valence-corrected chi connectivity index (χ3v) is 4.94. The molecule has 1 heterocycles. The minimum Gasteiger partial charge on any atom is -0.497 e. The summed E-state index contributed by atoms with van der Waals surface area (Å²) in [6.07, 6.45) is 0.691. The Morgan fingerprint density at radius 2 is 2.06 bits per heavy atom. The van der Waals surface area contributed by atoms with Gasteiger partial charge in [0.05, 0.1) is 30.5 Å². The van der Waals surface area contributed by atoms with Gasteiger partial charge >= 0.3 is 6.18 Å². The molecule has 7 nitrogen and oxygen atoms in total. The highest BCUT2D eigenvalue weighted by molar-refractivity contribution is 5.97. The van der Waals surface area contributed by atoms with Crippen LogP contribution in [0.15, 0.2) is 59.2 Å². The third-order valence-electron chi connectivity index (χ3n) is 4.94. The van der Waals surface area contributed by atoms with Gasteiger partial charge in [0.15, 0.2) is 0 Å². The molecule has 1 atom stereocenters. The van der Waals surface area contributed by atoms with Gasteiger partial charge in [0.2, 0.25) is 5.88 Å². The summed E-state index contributed by atoms with van der Waals surface area (Å²) >= 11 is 0. The maximum absolute atomic E-state index is 13.6. The molecule has 0 radical (unpaired) electrons. The van der Waals surface area contributed by atoms with Gasteiger partial charge in [0, 0.05) is 31.6 Å². The van der Waals surface area contributed by atoms with Crippen molar-refractivity contribution in [3.8, 4) is 17.7 Å². The van der Waals surface area contributed by atoms with Gasteiger partial charge in [-0.1, -0.05) is 12.5 Å². The molecular weight excluding hydrogens is 461 g/mol. The molecule has 0 saturated heterocycles. The zero-order chi connectivity index (χ0) is 26.6. The van der Waals surface area contributed by atoms with Gasteiger partial charge in [0.1, 0.15) is 12.4 Å². The van der Waals surface area contributed by atoms with Crippen LogP contribution in [0, 0.1) is 11.8 Å². The Balaban J connectivity index is 3.18. The van der Waals surface area contributed by atoms with Gasteiger partial charge in [-0.15, -0.1) is 5.92 Å². The second-order valence-electron chi connectivity index (χ2n) is 7.25. The largest absolute Gasteiger partial charge is 0.497 e. The van der Waals surface area contributed by atoms with E-state index in [2.05, 4.69) is 28.5 Å². The van der Waals surface area contributed by atoms with Crippen molar-refractivity contribution in [2.24, 2.45) is 5.10 Å². The number of nitrogens with zero attached hydrogens (tertiary/aromatic N) is 4. The summed E-state index contributed by atoms with van der Waals surface area (Å²) in [5.74, 6) is 5.52. The average Bonchev–Trinajstić information content (AvgIpc) is 2.83. The van der Waals surface area contributed by atoms with E-state index in [1.165, 1.54) is 24.4 Å². The van der Waals surface area contributed by atoms with E-state index >= 15 is 0 Å². The number of carbonyl (C=O) groups excluding carboxylic acids is 1. The number of allylic oxidation sites excluding steroid dienone is 2. The first kappa shape index (κ1) is 29.3. The lowest BCUT2D eigenvalue weighted by atomic mass is 10.1. The Hall–Kier alpha value is -3.74. The quantitative estimate of drug-likeness (QED) is 0.112. The maximum atomic E-state index is 13.6. The normalized spacial score (nSPS) is 13.3. The summed E-state index contributed by atoms with van der Waals surface area (Å²) < 4.78 is 49.0. The van der Waals surface area contributed by atoms with Crippen LogP contribution < -0.4 is 4.74 Å². The van der Waals surface area contributed by atoms with E-state index in [9.17, 15) is 18.0 Å². The van der Waals surface area contributed by atoms with Crippen LogP contribution in [0.5, 0.6) is 5.88 Å². The van der Waals surface area contributed by atoms with Gasteiger partial charge < -0.3 is 14.4 Å². The monoisotopic (exact) mass is 492 g/mol. The number of rotatable bonds is 11. The van der Waals surface area contributed by atoms with Crippen molar-refractivity contribution in [2.75, 3.05) is 27.3 Å². The molecule has 10 heteroatoms. The molecule has 1 aromatic heterocycles. The Morgan fingerprint density at radius 1 is 1.37 bits per heavy atom. The minimum atomic E-state index is -4.48. The van der Waals surface area contributed by atoms with Crippen molar-refractivity contribution in [1.29, 1.82) is 0 Å². The summed E-state index contributed by atoms with van der Waals surface area (Å²) in [6, 6.07) is 1.61. The maximum Gasteiger partial charge on any atom is 0.417 e. The lowest BCUT2D eigenvalue weighted by Crippen LogP contribution is -2.43. The topological polar surface area (TPSA) is 67.3 Å². The van der Waals surface area contributed by atoms with Crippen LogP contribution in [0.4, 0.5) is 13.2 Å². The molecular formula is C25H31F3N4O3. The Morgan fingerprint density at radius 3 is 2.54 bits per heavy atom. The molecule has 0 fully saturated rings. The molecule has 0 spiro atoms. The lowest BCUT2D eigenvalue weighted by molar-refractivity contribution is -0.138. The van der Waals surface area contributed by atoms with Crippen LogP contribution in [0.2, 0.25) is 0 Å². The van der Waals surface area contributed by atoms with E-state index in [0.29, 0.717) is 29.8 Å². The molecule has 0 aliphatic heterocycles. The number of methoxy groups -OCH3 is 1. The predicted octanol–water partition coefficient (Wildman–Crippen LogP) is 4.65. The van der Waals surface area contributed by atoms with Crippen molar-refractivity contribution < 1.29 is 27.4 Å². The highest BCUT2D eigenvalue weighted by atomic mass is 19.4. The van der Waals surface area contributed by atoms with Crippen molar-refractivity contribution >= 4 is 12.1 Å². The Kier molecular flexibility index (Phi) is 11.6. The summed E-state index contributed by atoms with van der Waals surface area (Å²) in [7, 11) is 3.15. The number of hydrazone groups is 1. The van der Waals surface area contributed by atoms with Crippen molar-refractivity contribution in [3.05, 3.63) is 59.7 Å². The number of amides is 1. The van der Waals surface area contributed by atoms with E-state index < -0.39 is 17.8 Å². The summed E-state index contributed by atoms with van der Waals surface area (Å²) in [5, 5.41) is 5.72. The van der Waals surface area contributed by atoms with Crippen LogP contribution in [0.3, 0.4) is 0 Å². The molecule has 1 rings (SSSR count). The second kappa shape index (κ2) is 13.8. The van der Waals surface area contributed by atoms with E-state index in [-0.39, 0.29) is 18.4 Å². The number of aromatic nitrogens is 1. The smallest absolute Gasteiger partial charge is 0.417 e. The average molecular weight is 493 g/mol. The van der Waals surface area contributed by atoms with Crippen molar-refractivity contribution in [2.45, 2.75) is 39.9 Å². The summed E-state index contributed by atoms with van der Waals surface area (Å²) in [6.45, 7) is 11.1. The number of pyridine rings is 1. The van der Waals surface area contributed by atoms with Crippen LogP contribution in [0.25, 0.3) is 0 Å². The van der Waals surface area contributed by atoms with E-state index in [1.807, 2.05) is 6.92 Å². The fourth-order valence-electron chi connectivity index (χ4n) is 2.84. The number of halogens is 3. The fourth-order valence-corrected chi connectivity index (χ4v) is 2.84. The molecule has 35 heavy (non-hydrogen) atoms. The zero-order valence-corrected chi connectivity index (χ0v) is 20.8. The predicted molar refractivity (Wildman–Crippen MR) is 129 cm³/mol. The van der Waals surface area contributed by atoms with Crippen molar-refractivity contribution in [1.82, 2.24) is 14.9 Å². The molecule has 0 aliphatic carbocycles. The zero-order valence-electron chi connectivity index (χ0n) is 20.8. The van der Waals surface area contributed by atoms with E-state index in [1.54, 1.807) is 38.8 Å². The Labute approximate surface area is 204 Å². The van der Waals surface area contributed by atoms with Crippen LogP contribution >= 0.6 is 0 Å². The Bertz CT molecular complexity index is 1020. The number of carbonyl (C=O) groups is 1. The SMILES string of the molecule is C=C/C(=C\C(C(=O)N(CC)[C@@H](C)COc1ccc(C(F)(F)F)cn1)=C(/C)N(C)/N=C\C#CC)OC. The lowest BCUT2D eigenvalue weighted by Gasteiger charge is -2.29. The highest BCUT2D eigenvalue weighted by Crippen LogP contribution is 2.29. The molecule has 0 aromatic carbocycles. The third kappa shape index (κ3) is 8.85. The van der Waals surface area contributed by atoms with Crippen LogP contribution in [-0.2, 0) is 15.7 Å². The second-order valence-corrected chi connectivity index (χ2v) is 7.25. The highest BCUT2D eigenvalue weighted by Gasteiger charge is 2.31. The molecule has 0 unspecified atom stereocenters. The summed E-state index contributed by atoms with van der Waals surface area (Å²) in [5.41, 5.74) is -0.0168. The first-order chi connectivity index (χ1) is 16.5. The fraction of sp³-hybridized carbons (Fsp3) is 0.400. The van der Waals surface area contributed by atoms with Crippen LogP contribution in [0.1, 0.15) is 33.3 Å². The first-order valence-electron chi connectivity index (χ1n) is 10.7. The molecule has 0 aliphatic rings. The number of hydrogen-bond donors (Lipinski definition) is 0. The number of alkyl halides is 3. The number of likely N-dealkylation sites (N-methyl/N-ethyl adjacent to an activating group) is 1. The number of hydrogen-bond acceptors (Lipinski definition) is 6. The molecule has 1 aromatic rings. The van der Waals surface area contributed by atoms with Gasteiger partial charge in [0.25, 0.3) is 5.91 Å². The van der Waals surface area contributed by atoms with Gasteiger partial charge in [-0.05, 0) is 45.9 Å². The van der Waals surface area contributed by atoms with E-state index in [4.69, 9.17) is 9.47 Å². The molecule has 1 amide bonds. The standard InChI is InChI=1S/C25H31F3N4O3/c1-8-11-14-30-31(6)19(5)22(15-21(9-2)34-7)24(33)32(10-3)18(4)17-35-23-13-12-20(16-29-23)25(26,27)28/h9,12-16,18H,2,10,17H2,1,3-7H3/b21-15+,22-19-,30-14-/t18-/m0/s1. The van der Waals surface area contributed by atoms with Gasteiger partial charge in [-0.2, -0.15) is 18.3 Å². The van der Waals surface area contributed by atoms with Crippen LogP contribution in [-0.4, -0.2) is 60.4 Å². The molecule has 190 valence electrons. The van der Waals surface area contributed by atoms with Gasteiger partial charge in [-0.3, -0.25) is 9.80 Å². The van der Waals surface area contributed by atoms with Gasteiger partial charge in [-0.25, -0.2) is 4.98 Å². The molecule has 0 saturated carbocycles. The summed E-state index contributed by atoms with van der Waals surface area (Å²) in [4.78, 5) is 18.8. The molecule has 0 N–H and O–H groups in total. The number of ether oxygens (including phenoxy) is 2. The minimum absolute atomic E-state index is 0.0205. The van der Waals surface area contributed by atoms with Crippen molar-refractivity contribution in [3.63, 3.8) is 0 Å². The first-order valence-corrected chi connectivity index (χ1v) is 10.7.